The molecule has 1 rings (SSSR count). The number of rotatable bonds is 1. The van der Waals surface area contributed by atoms with Crippen LogP contribution in [0.5, 0.6) is 0 Å². The number of hydrogen-bond acceptors (Lipinski definition) is 2. The molecule has 0 saturated heterocycles. The molecule has 3 heteroatoms. The zero-order valence-corrected chi connectivity index (χ0v) is 9.96. The van der Waals surface area contributed by atoms with Gasteiger partial charge in [0, 0.05) is 9.38 Å². The summed E-state index contributed by atoms with van der Waals surface area (Å²) in [5.41, 5.74) is 1.09. The van der Waals surface area contributed by atoms with Gasteiger partial charge in [0.2, 0.25) is 0 Å². The molecule has 0 aliphatic rings. The third kappa shape index (κ3) is 2.57. The normalized spacial score (nSPS) is 12.7. The van der Waals surface area contributed by atoms with Crippen LogP contribution in [0, 0.1) is 0 Å². The number of thiol groups is 2. The van der Waals surface area contributed by atoms with E-state index >= 15 is 0 Å². The van der Waals surface area contributed by atoms with Crippen molar-refractivity contribution in [1.82, 2.24) is 0 Å². The van der Waals surface area contributed by atoms with E-state index in [0.717, 1.165) is 19.8 Å². The van der Waals surface area contributed by atoms with Crippen LogP contribution >= 0.6 is 41.2 Å². The van der Waals surface area contributed by atoms with Crippen molar-refractivity contribution in [2.45, 2.75) is 6.92 Å². The monoisotopic (exact) mass is 260 g/mol. The minimum atomic E-state index is 0.922. The van der Waals surface area contributed by atoms with Gasteiger partial charge < -0.3 is 0 Å². The summed E-state index contributed by atoms with van der Waals surface area (Å²) in [7, 11) is 0. The highest BCUT2D eigenvalue weighted by Crippen LogP contribution is 2.25. The molecule has 0 atom stereocenters. The zero-order chi connectivity index (χ0) is 9.14. The van der Waals surface area contributed by atoms with Gasteiger partial charge in [-0.25, -0.2) is 0 Å². The van der Waals surface area contributed by atoms with Gasteiger partial charge >= 0.3 is 0 Å². The topological polar surface area (TPSA) is 0 Å². The highest BCUT2D eigenvalue weighted by atomic mass is 79.9. The number of allylic oxidation sites excluding steroid dienone is 1. The fourth-order valence-electron chi connectivity index (χ4n) is 0.817. The molecular weight excluding hydrogens is 252 g/mol. The second-order valence-electron chi connectivity index (χ2n) is 2.44. The van der Waals surface area contributed by atoms with Crippen LogP contribution in [0.15, 0.2) is 33.6 Å². The largest absolute Gasteiger partial charge is 0.147 e. The first kappa shape index (κ1) is 10.2. The molecule has 0 nitrogen and oxygen atoms in total. The Kier molecular flexibility index (Phi) is 3.75. The Labute approximate surface area is 92.0 Å². The van der Waals surface area contributed by atoms with Crippen LogP contribution in [-0.2, 0) is 0 Å². The van der Waals surface area contributed by atoms with Crippen molar-refractivity contribution >= 4 is 46.1 Å². The van der Waals surface area contributed by atoms with Crippen molar-refractivity contribution in [3.8, 4) is 0 Å². The molecule has 1 aromatic rings. The van der Waals surface area contributed by atoms with E-state index in [2.05, 4.69) is 41.2 Å². The molecule has 0 spiro atoms. The van der Waals surface area contributed by atoms with Crippen molar-refractivity contribution in [3.63, 3.8) is 0 Å². The van der Waals surface area contributed by atoms with Crippen LogP contribution in [-0.4, -0.2) is 0 Å². The standard InChI is InChI=1S/C9H9BrS2/c1-6(11)9(12)7-2-4-8(10)5-3-7/h2-5,11-12H,1H3/b9-6-. The minimum Gasteiger partial charge on any atom is -0.147 e. The Balaban J connectivity index is 3.06. The maximum absolute atomic E-state index is 4.34. The maximum atomic E-state index is 4.34. The molecule has 0 aliphatic carbocycles. The van der Waals surface area contributed by atoms with Crippen LogP contribution in [0.1, 0.15) is 12.5 Å². The molecule has 0 fully saturated rings. The van der Waals surface area contributed by atoms with Gasteiger partial charge in [-0.1, -0.05) is 28.1 Å². The van der Waals surface area contributed by atoms with Gasteiger partial charge in [0.05, 0.1) is 0 Å². The van der Waals surface area contributed by atoms with E-state index in [-0.39, 0.29) is 0 Å². The molecule has 12 heavy (non-hydrogen) atoms. The molecule has 0 amide bonds. The van der Waals surface area contributed by atoms with Gasteiger partial charge in [0.25, 0.3) is 0 Å². The highest BCUT2D eigenvalue weighted by molar-refractivity contribution is 9.10. The van der Waals surface area contributed by atoms with E-state index in [4.69, 9.17) is 0 Å². The fraction of sp³-hybridized carbons (Fsp3) is 0.111. The summed E-state index contributed by atoms with van der Waals surface area (Å²) in [6.07, 6.45) is 0. The Morgan fingerprint density at radius 1 is 1.17 bits per heavy atom. The third-order valence-electron chi connectivity index (χ3n) is 1.46. The third-order valence-corrected chi connectivity index (χ3v) is 2.98. The van der Waals surface area contributed by atoms with E-state index in [9.17, 15) is 0 Å². The van der Waals surface area contributed by atoms with Crippen LogP contribution in [0.3, 0.4) is 0 Å². The average Bonchev–Trinajstić information content (AvgIpc) is 2.04. The summed E-state index contributed by atoms with van der Waals surface area (Å²) in [5.74, 6) is 0. The number of hydrogen-bond donors (Lipinski definition) is 2. The minimum absolute atomic E-state index is 0.922. The van der Waals surface area contributed by atoms with Crippen molar-refractivity contribution in [2.24, 2.45) is 0 Å². The first-order valence-corrected chi connectivity index (χ1v) is 5.14. The van der Waals surface area contributed by atoms with Crippen molar-refractivity contribution in [3.05, 3.63) is 39.2 Å². The highest BCUT2D eigenvalue weighted by Gasteiger charge is 1.97. The molecule has 0 heterocycles. The smallest absolute Gasteiger partial charge is 0.0203 e. The molecular formula is C9H9BrS2. The number of halogens is 1. The van der Waals surface area contributed by atoms with Crippen LogP contribution in [0.2, 0.25) is 0 Å². The summed E-state index contributed by atoms with van der Waals surface area (Å²) >= 11 is 11.9. The summed E-state index contributed by atoms with van der Waals surface area (Å²) in [6, 6.07) is 7.99. The Hall–Kier alpha value is 0.140. The van der Waals surface area contributed by atoms with Crippen molar-refractivity contribution in [1.29, 1.82) is 0 Å². The van der Waals surface area contributed by atoms with Gasteiger partial charge in [-0.3, -0.25) is 0 Å². The lowest BCUT2D eigenvalue weighted by molar-refractivity contribution is 1.59. The molecule has 0 aliphatic heterocycles. The van der Waals surface area contributed by atoms with Crippen LogP contribution in [0.25, 0.3) is 4.91 Å². The van der Waals surface area contributed by atoms with Gasteiger partial charge in [-0.15, -0.1) is 25.3 Å². The maximum Gasteiger partial charge on any atom is 0.0203 e. The Morgan fingerprint density at radius 3 is 2.08 bits per heavy atom. The molecule has 0 unspecified atom stereocenters. The van der Waals surface area contributed by atoms with Crippen molar-refractivity contribution in [2.75, 3.05) is 0 Å². The van der Waals surface area contributed by atoms with Crippen molar-refractivity contribution < 1.29 is 0 Å². The second kappa shape index (κ2) is 4.40. The number of benzene rings is 1. The fourth-order valence-corrected chi connectivity index (χ4v) is 1.36. The average molecular weight is 261 g/mol. The van der Waals surface area contributed by atoms with E-state index in [1.807, 2.05) is 31.2 Å². The molecule has 0 aromatic heterocycles. The second-order valence-corrected chi connectivity index (χ2v) is 4.47. The van der Waals surface area contributed by atoms with Crippen LogP contribution < -0.4 is 0 Å². The van der Waals surface area contributed by atoms with Gasteiger partial charge in [-0.05, 0) is 29.5 Å². The van der Waals surface area contributed by atoms with E-state index in [1.54, 1.807) is 0 Å². The predicted molar refractivity (Wildman–Crippen MR) is 64.7 cm³/mol. The lowest BCUT2D eigenvalue weighted by Gasteiger charge is -2.01. The van der Waals surface area contributed by atoms with Gasteiger partial charge in [0.1, 0.15) is 0 Å². The van der Waals surface area contributed by atoms with Gasteiger partial charge in [0.15, 0.2) is 0 Å². The quantitative estimate of drug-likeness (QED) is 0.701. The molecule has 0 saturated carbocycles. The summed E-state index contributed by atoms with van der Waals surface area (Å²) in [4.78, 5) is 1.85. The summed E-state index contributed by atoms with van der Waals surface area (Å²) in [6.45, 7) is 1.92. The van der Waals surface area contributed by atoms with E-state index in [0.29, 0.717) is 0 Å². The summed E-state index contributed by atoms with van der Waals surface area (Å²) in [5, 5.41) is 0. The summed E-state index contributed by atoms with van der Waals surface area (Å²) < 4.78 is 1.07. The van der Waals surface area contributed by atoms with Crippen LogP contribution in [0.4, 0.5) is 0 Å². The van der Waals surface area contributed by atoms with E-state index in [1.165, 1.54) is 0 Å². The molecule has 1 aromatic carbocycles. The molecule has 0 bridgehead atoms. The molecule has 0 radical (unpaired) electrons. The first-order chi connectivity index (χ1) is 5.61. The first-order valence-electron chi connectivity index (χ1n) is 3.46. The van der Waals surface area contributed by atoms with Gasteiger partial charge in [-0.2, -0.15) is 0 Å². The predicted octanol–water partition coefficient (Wildman–Crippen LogP) is 4.00. The van der Waals surface area contributed by atoms with E-state index < -0.39 is 0 Å². The lowest BCUT2D eigenvalue weighted by Crippen LogP contribution is -1.77. The zero-order valence-electron chi connectivity index (χ0n) is 6.58. The molecule has 0 N–H and O–H groups in total. The Bertz CT molecular complexity index is 297. The SMILES string of the molecule is C/C(S)=C(/S)c1ccc(Br)cc1. The lowest BCUT2D eigenvalue weighted by atomic mass is 10.2. The Morgan fingerprint density at radius 2 is 1.67 bits per heavy atom. The molecule has 64 valence electrons.